The third-order valence-electron chi connectivity index (χ3n) is 2.42. The standard InChI is InChI=1S/C15H10O4.Ti/c16-13(11-7-3-1-4-8-11)15(18)19-14(17)12-9-5-2-6-10-12;/h1-10H;. The number of benzene rings is 2. The van der Waals surface area contributed by atoms with Gasteiger partial charge in [0, 0.05) is 27.3 Å². The normalized spacial score (nSPS) is 9.20. The summed E-state index contributed by atoms with van der Waals surface area (Å²) < 4.78 is 4.53. The molecular weight excluding hydrogens is 292 g/mol. The van der Waals surface area contributed by atoms with Crippen LogP contribution in [-0.4, -0.2) is 17.7 Å². The molecule has 0 amide bonds. The first-order chi connectivity index (χ1) is 9.18. The molecule has 0 saturated carbocycles. The van der Waals surface area contributed by atoms with Crippen LogP contribution in [0.1, 0.15) is 20.7 Å². The fourth-order valence-corrected chi connectivity index (χ4v) is 1.47. The number of hydrogen-bond acceptors (Lipinski definition) is 4. The molecule has 0 heterocycles. The van der Waals surface area contributed by atoms with Crippen molar-refractivity contribution in [3.05, 3.63) is 71.8 Å². The van der Waals surface area contributed by atoms with Crippen LogP contribution >= 0.6 is 0 Å². The summed E-state index contributed by atoms with van der Waals surface area (Å²) in [5.74, 6) is -2.86. The second-order valence-corrected chi connectivity index (χ2v) is 3.74. The van der Waals surface area contributed by atoms with Crippen LogP contribution in [0.25, 0.3) is 0 Å². The molecule has 0 N–H and O–H groups in total. The fourth-order valence-electron chi connectivity index (χ4n) is 1.47. The van der Waals surface area contributed by atoms with Crippen LogP contribution in [0.5, 0.6) is 0 Å². The van der Waals surface area contributed by atoms with Crippen molar-refractivity contribution < 1.29 is 40.8 Å². The van der Waals surface area contributed by atoms with Crippen LogP contribution in [0.3, 0.4) is 0 Å². The Morgan fingerprint density at radius 2 is 1.15 bits per heavy atom. The molecule has 0 spiro atoms. The van der Waals surface area contributed by atoms with Gasteiger partial charge in [0.05, 0.1) is 5.56 Å². The zero-order chi connectivity index (χ0) is 13.7. The summed E-state index contributed by atoms with van der Waals surface area (Å²) >= 11 is 0. The molecule has 2 rings (SSSR count). The van der Waals surface area contributed by atoms with Crippen LogP contribution < -0.4 is 0 Å². The number of esters is 2. The third-order valence-corrected chi connectivity index (χ3v) is 2.42. The van der Waals surface area contributed by atoms with Gasteiger partial charge in [0.25, 0.3) is 5.78 Å². The summed E-state index contributed by atoms with van der Waals surface area (Å²) in [4.78, 5) is 34.8. The smallest absolute Gasteiger partial charge is 0.383 e. The maximum absolute atomic E-state index is 11.7. The van der Waals surface area contributed by atoms with E-state index in [1.165, 1.54) is 24.3 Å². The molecule has 0 unspecified atom stereocenters. The molecule has 4 nitrogen and oxygen atoms in total. The number of carbonyl (C=O) groups excluding carboxylic acids is 3. The van der Waals surface area contributed by atoms with Crippen LogP contribution in [0.2, 0.25) is 0 Å². The molecule has 0 aliphatic heterocycles. The molecule has 0 bridgehead atoms. The quantitative estimate of drug-likeness (QED) is 0.287. The Kier molecular flexibility index (Phi) is 6.03. The van der Waals surface area contributed by atoms with Gasteiger partial charge in [-0.1, -0.05) is 48.5 Å². The topological polar surface area (TPSA) is 60.4 Å². The van der Waals surface area contributed by atoms with E-state index in [4.69, 9.17) is 0 Å². The fraction of sp³-hybridized carbons (Fsp3) is 0. The minimum absolute atomic E-state index is 0. The van der Waals surface area contributed by atoms with Gasteiger partial charge < -0.3 is 4.74 Å². The van der Waals surface area contributed by atoms with Crippen LogP contribution in [0.15, 0.2) is 60.7 Å². The van der Waals surface area contributed by atoms with Gasteiger partial charge in [-0.25, -0.2) is 9.59 Å². The average Bonchev–Trinajstić information content (AvgIpc) is 2.48. The van der Waals surface area contributed by atoms with Crippen molar-refractivity contribution in [2.75, 3.05) is 0 Å². The number of ether oxygens (including phenoxy) is 1. The Morgan fingerprint density at radius 1 is 0.700 bits per heavy atom. The minimum atomic E-state index is -1.18. The molecule has 0 aromatic heterocycles. The maximum atomic E-state index is 11.7. The van der Waals surface area contributed by atoms with Gasteiger partial charge in [-0.15, -0.1) is 0 Å². The number of Topliss-reactive ketones (excluding diaryl/α,β-unsaturated/α-hetero) is 1. The van der Waals surface area contributed by atoms with Gasteiger partial charge in [0.2, 0.25) is 0 Å². The van der Waals surface area contributed by atoms with Gasteiger partial charge in [-0.2, -0.15) is 0 Å². The summed E-state index contributed by atoms with van der Waals surface area (Å²) in [7, 11) is 0. The minimum Gasteiger partial charge on any atom is -0.383 e. The van der Waals surface area contributed by atoms with E-state index in [9.17, 15) is 14.4 Å². The van der Waals surface area contributed by atoms with Gasteiger partial charge in [0.1, 0.15) is 0 Å². The second kappa shape index (κ2) is 7.53. The zero-order valence-electron chi connectivity index (χ0n) is 10.4. The molecule has 20 heavy (non-hydrogen) atoms. The van der Waals surface area contributed by atoms with Crippen molar-refractivity contribution >= 4 is 17.7 Å². The van der Waals surface area contributed by atoms with Gasteiger partial charge >= 0.3 is 11.9 Å². The Morgan fingerprint density at radius 3 is 1.65 bits per heavy atom. The summed E-state index contributed by atoms with van der Waals surface area (Å²) in [6, 6.07) is 15.9. The number of ketones is 1. The van der Waals surface area contributed by atoms with Crippen molar-refractivity contribution in [3.8, 4) is 0 Å². The molecule has 0 fully saturated rings. The van der Waals surface area contributed by atoms with Gasteiger partial charge in [-0.05, 0) is 12.1 Å². The molecular formula is C15H10O4Ti. The first kappa shape index (κ1) is 16.0. The Hall–Kier alpha value is -2.04. The van der Waals surface area contributed by atoms with Gasteiger partial charge in [0.15, 0.2) is 0 Å². The van der Waals surface area contributed by atoms with E-state index in [2.05, 4.69) is 4.74 Å². The van der Waals surface area contributed by atoms with Crippen molar-refractivity contribution in [1.29, 1.82) is 0 Å². The first-order valence-corrected chi connectivity index (χ1v) is 5.59. The van der Waals surface area contributed by atoms with Crippen molar-refractivity contribution in [2.24, 2.45) is 0 Å². The zero-order valence-corrected chi connectivity index (χ0v) is 12.0. The molecule has 2 aromatic rings. The second-order valence-electron chi connectivity index (χ2n) is 3.74. The predicted molar refractivity (Wildman–Crippen MR) is 67.6 cm³/mol. The number of carbonyl (C=O) groups is 3. The van der Waals surface area contributed by atoms with Crippen LogP contribution in [0, 0.1) is 0 Å². The van der Waals surface area contributed by atoms with Gasteiger partial charge in [-0.3, -0.25) is 4.79 Å². The molecule has 0 radical (unpaired) electrons. The van der Waals surface area contributed by atoms with E-state index >= 15 is 0 Å². The van der Waals surface area contributed by atoms with Crippen LogP contribution in [-0.2, 0) is 31.2 Å². The van der Waals surface area contributed by atoms with Crippen molar-refractivity contribution in [3.63, 3.8) is 0 Å². The summed E-state index contributed by atoms with van der Waals surface area (Å²) in [5.41, 5.74) is 0.407. The average molecular weight is 302 g/mol. The molecule has 98 valence electrons. The Labute approximate surface area is 130 Å². The molecule has 2 aromatic carbocycles. The van der Waals surface area contributed by atoms with E-state index < -0.39 is 17.7 Å². The SMILES string of the molecule is O=C(OC(=O)c1ccccc1)C(=O)c1ccccc1.[Ti]. The van der Waals surface area contributed by atoms with Crippen LogP contribution in [0.4, 0.5) is 0 Å². The molecule has 0 saturated heterocycles. The summed E-state index contributed by atoms with van der Waals surface area (Å²) in [5, 5.41) is 0. The first-order valence-electron chi connectivity index (χ1n) is 5.59. The largest absolute Gasteiger partial charge is 0.387 e. The third kappa shape index (κ3) is 3.98. The monoisotopic (exact) mass is 302 g/mol. The van der Waals surface area contributed by atoms with E-state index in [0.717, 1.165) is 0 Å². The molecule has 5 heteroatoms. The van der Waals surface area contributed by atoms with E-state index in [1.807, 2.05) is 0 Å². The predicted octanol–water partition coefficient (Wildman–Crippen LogP) is 2.25. The summed E-state index contributed by atoms with van der Waals surface area (Å²) in [6.07, 6.45) is 0. The Bertz CT molecular complexity index is 608. The number of rotatable bonds is 3. The maximum Gasteiger partial charge on any atom is 0.387 e. The van der Waals surface area contributed by atoms with Crippen molar-refractivity contribution in [1.82, 2.24) is 0 Å². The Balaban J connectivity index is 0.00000200. The van der Waals surface area contributed by atoms with E-state index in [-0.39, 0.29) is 32.8 Å². The summed E-state index contributed by atoms with van der Waals surface area (Å²) in [6.45, 7) is 0. The number of hydrogen-bond donors (Lipinski definition) is 0. The van der Waals surface area contributed by atoms with E-state index in [0.29, 0.717) is 0 Å². The van der Waals surface area contributed by atoms with E-state index in [1.54, 1.807) is 36.4 Å². The molecule has 0 atom stereocenters. The van der Waals surface area contributed by atoms with Crippen molar-refractivity contribution in [2.45, 2.75) is 0 Å². The molecule has 0 aliphatic rings. The molecule has 0 aliphatic carbocycles.